The molecule has 0 radical (unpaired) electrons. The lowest BCUT2D eigenvalue weighted by atomic mass is 10.1. The summed E-state index contributed by atoms with van der Waals surface area (Å²) in [6.45, 7) is 1.98. The fraction of sp³-hybridized carbons (Fsp3) is 0.429. The fourth-order valence-corrected chi connectivity index (χ4v) is 4.90. The highest BCUT2D eigenvalue weighted by Crippen LogP contribution is 2.30. The Hall–Kier alpha value is -2.72. The highest BCUT2D eigenvalue weighted by Gasteiger charge is 2.22. The monoisotopic (exact) mass is 476 g/mol. The van der Waals surface area contributed by atoms with Gasteiger partial charge < -0.3 is 19.3 Å². The van der Waals surface area contributed by atoms with Gasteiger partial charge in [0.15, 0.2) is 23.1 Å². The zero-order valence-corrected chi connectivity index (χ0v) is 19.8. The standard InChI is InChI=1S/C21H25ClN6O3S/c1-27(7-6-14-4-5-15(30-2)16(12-14)31-3)19-18-17(23-13-24-19)20(26-21(22)25-18)28-8-10-32(29)11-9-28/h4-5,12-13H,6-11H2,1-3H3. The largest absolute Gasteiger partial charge is 0.493 e. The van der Waals surface area contributed by atoms with Gasteiger partial charge in [0.1, 0.15) is 17.4 Å². The Morgan fingerprint density at radius 1 is 1.09 bits per heavy atom. The van der Waals surface area contributed by atoms with Crippen LogP contribution in [0.3, 0.4) is 0 Å². The minimum absolute atomic E-state index is 0.142. The van der Waals surface area contributed by atoms with Crippen LogP contribution in [0.25, 0.3) is 11.0 Å². The molecule has 0 amide bonds. The van der Waals surface area contributed by atoms with Crippen molar-refractivity contribution in [2.75, 3.05) is 62.2 Å². The van der Waals surface area contributed by atoms with Gasteiger partial charge in [-0.25, -0.2) is 15.0 Å². The number of rotatable bonds is 7. The molecule has 3 heterocycles. The van der Waals surface area contributed by atoms with E-state index in [1.165, 1.54) is 6.33 Å². The van der Waals surface area contributed by atoms with Gasteiger partial charge >= 0.3 is 0 Å². The Morgan fingerprint density at radius 2 is 1.84 bits per heavy atom. The van der Waals surface area contributed by atoms with Gasteiger partial charge in [-0.15, -0.1) is 0 Å². The quantitative estimate of drug-likeness (QED) is 0.476. The third-order valence-corrected chi connectivity index (χ3v) is 6.88. The van der Waals surface area contributed by atoms with E-state index in [0.29, 0.717) is 65.3 Å². The average molecular weight is 477 g/mol. The molecule has 1 aliphatic rings. The van der Waals surface area contributed by atoms with E-state index < -0.39 is 10.8 Å². The van der Waals surface area contributed by atoms with Crippen molar-refractivity contribution in [3.05, 3.63) is 35.4 Å². The van der Waals surface area contributed by atoms with Crippen LogP contribution in [-0.2, 0) is 17.2 Å². The Balaban J connectivity index is 1.59. The summed E-state index contributed by atoms with van der Waals surface area (Å²) in [6.07, 6.45) is 2.29. The summed E-state index contributed by atoms with van der Waals surface area (Å²) in [6, 6.07) is 5.89. The molecule has 0 N–H and O–H groups in total. The molecule has 11 heteroatoms. The van der Waals surface area contributed by atoms with Crippen molar-refractivity contribution in [1.82, 2.24) is 19.9 Å². The SMILES string of the molecule is COc1ccc(CCN(C)c2ncnc3c(N4CCS(=O)CC4)nc(Cl)nc23)cc1OC. The maximum absolute atomic E-state index is 11.8. The molecular weight excluding hydrogens is 452 g/mol. The first-order valence-corrected chi connectivity index (χ1v) is 12.1. The van der Waals surface area contributed by atoms with Crippen molar-refractivity contribution in [3.63, 3.8) is 0 Å². The van der Waals surface area contributed by atoms with E-state index in [1.54, 1.807) is 14.2 Å². The Kier molecular flexibility index (Phi) is 6.90. The molecule has 170 valence electrons. The molecule has 0 atom stereocenters. The second-order valence-corrected chi connectivity index (χ2v) is 9.44. The van der Waals surface area contributed by atoms with Gasteiger partial charge in [-0.05, 0) is 35.7 Å². The van der Waals surface area contributed by atoms with E-state index >= 15 is 0 Å². The molecule has 0 spiro atoms. The summed E-state index contributed by atoms with van der Waals surface area (Å²) in [5, 5.41) is 0.142. The lowest BCUT2D eigenvalue weighted by Gasteiger charge is -2.28. The number of halogens is 1. The molecule has 32 heavy (non-hydrogen) atoms. The van der Waals surface area contributed by atoms with Gasteiger partial charge in [-0.1, -0.05) is 6.07 Å². The Labute approximate surface area is 194 Å². The van der Waals surface area contributed by atoms with Crippen LogP contribution in [0.15, 0.2) is 24.5 Å². The highest BCUT2D eigenvalue weighted by atomic mass is 35.5. The Bertz CT molecular complexity index is 1140. The fourth-order valence-electron chi connectivity index (χ4n) is 3.68. The van der Waals surface area contributed by atoms with Crippen LogP contribution >= 0.6 is 11.6 Å². The molecule has 0 aliphatic carbocycles. The summed E-state index contributed by atoms with van der Waals surface area (Å²) in [7, 11) is 4.42. The number of methoxy groups -OCH3 is 2. The first-order chi connectivity index (χ1) is 15.5. The van der Waals surface area contributed by atoms with E-state index in [9.17, 15) is 4.21 Å². The van der Waals surface area contributed by atoms with Gasteiger partial charge in [0.25, 0.3) is 0 Å². The zero-order valence-electron chi connectivity index (χ0n) is 18.2. The number of anilines is 2. The number of nitrogens with zero attached hydrogens (tertiary/aromatic N) is 6. The third kappa shape index (κ3) is 4.71. The van der Waals surface area contributed by atoms with Crippen LogP contribution in [0.1, 0.15) is 5.56 Å². The molecule has 1 aliphatic heterocycles. The number of hydrogen-bond acceptors (Lipinski definition) is 9. The van der Waals surface area contributed by atoms with E-state index in [1.807, 2.05) is 30.1 Å². The van der Waals surface area contributed by atoms with Crippen LogP contribution in [0.5, 0.6) is 11.5 Å². The minimum atomic E-state index is -0.787. The summed E-state index contributed by atoms with van der Waals surface area (Å²) in [4.78, 5) is 21.9. The maximum atomic E-state index is 11.8. The molecule has 0 unspecified atom stereocenters. The van der Waals surface area contributed by atoms with E-state index in [-0.39, 0.29) is 5.28 Å². The van der Waals surface area contributed by atoms with Crippen molar-refractivity contribution in [3.8, 4) is 11.5 Å². The molecule has 1 fully saturated rings. The summed E-state index contributed by atoms with van der Waals surface area (Å²) in [5.74, 6) is 3.95. The van der Waals surface area contributed by atoms with Gasteiger partial charge in [0, 0.05) is 49.0 Å². The predicted octanol–water partition coefficient (Wildman–Crippen LogP) is 2.34. The first kappa shape index (κ1) is 22.5. The van der Waals surface area contributed by atoms with Crippen molar-refractivity contribution in [1.29, 1.82) is 0 Å². The van der Waals surface area contributed by atoms with Crippen molar-refractivity contribution >= 4 is 45.1 Å². The molecule has 1 saturated heterocycles. The normalized spacial score (nSPS) is 14.6. The smallest absolute Gasteiger partial charge is 0.225 e. The molecule has 2 aromatic heterocycles. The van der Waals surface area contributed by atoms with Crippen LogP contribution in [0.2, 0.25) is 5.28 Å². The van der Waals surface area contributed by atoms with E-state index in [0.717, 1.165) is 12.0 Å². The number of benzene rings is 1. The second kappa shape index (κ2) is 9.83. The molecule has 1 aromatic carbocycles. The van der Waals surface area contributed by atoms with Crippen molar-refractivity contribution in [2.24, 2.45) is 0 Å². The third-order valence-electron chi connectivity index (χ3n) is 5.44. The minimum Gasteiger partial charge on any atom is -0.493 e. The maximum Gasteiger partial charge on any atom is 0.225 e. The van der Waals surface area contributed by atoms with Crippen molar-refractivity contribution in [2.45, 2.75) is 6.42 Å². The molecule has 0 saturated carbocycles. The zero-order chi connectivity index (χ0) is 22.7. The first-order valence-electron chi connectivity index (χ1n) is 10.2. The molecule has 4 rings (SSSR count). The Morgan fingerprint density at radius 3 is 2.56 bits per heavy atom. The van der Waals surface area contributed by atoms with Gasteiger partial charge in [0.05, 0.1) is 14.2 Å². The second-order valence-electron chi connectivity index (χ2n) is 7.41. The molecular formula is C21H25ClN6O3S. The summed E-state index contributed by atoms with van der Waals surface area (Å²) >= 11 is 6.27. The number of fused-ring (bicyclic) bond motifs is 1. The molecule has 3 aromatic rings. The lowest BCUT2D eigenvalue weighted by molar-refractivity contribution is 0.354. The van der Waals surface area contributed by atoms with Gasteiger partial charge in [-0.2, -0.15) is 4.98 Å². The van der Waals surface area contributed by atoms with Crippen molar-refractivity contribution < 1.29 is 13.7 Å². The molecule has 9 nitrogen and oxygen atoms in total. The summed E-state index contributed by atoms with van der Waals surface area (Å²) in [5.41, 5.74) is 2.36. The van der Waals surface area contributed by atoms with E-state index in [2.05, 4.69) is 24.8 Å². The average Bonchev–Trinajstić information content (AvgIpc) is 2.82. The van der Waals surface area contributed by atoms with Crippen LogP contribution in [0, 0.1) is 0 Å². The van der Waals surface area contributed by atoms with Crippen LogP contribution in [0.4, 0.5) is 11.6 Å². The predicted molar refractivity (Wildman–Crippen MR) is 127 cm³/mol. The number of hydrogen-bond donors (Lipinski definition) is 0. The van der Waals surface area contributed by atoms with Crippen LogP contribution in [-0.4, -0.2) is 76.6 Å². The van der Waals surface area contributed by atoms with E-state index in [4.69, 9.17) is 21.1 Å². The lowest BCUT2D eigenvalue weighted by Crippen LogP contribution is -2.38. The number of ether oxygens (including phenoxy) is 2. The highest BCUT2D eigenvalue weighted by molar-refractivity contribution is 7.85. The topological polar surface area (TPSA) is 93.6 Å². The summed E-state index contributed by atoms with van der Waals surface area (Å²) < 4.78 is 22.5. The molecule has 0 bridgehead atoms. The number of likely N-dealkylation sites (N-methyl/N-ethyl adjacent to an activating group) is 1. The van der Waals surface area contributed by atoms with Crippen LogP contribution < -0.4 is 19.3 Å². The van der Waals surface area contributed by atoms with Gasteiger partial charge in [-0.3, -0.25) is 4.21 Å². The number of aromatic nitrogens is 4. The van der Waals surface area contributed by atoms with Gasteiger partial charge in [0.2, 0.25) is 5.28 Å².